The fourth-order valence-corrected chi connectivity index (χ4v) is 2.54. The van der Waals surface area contributed by atoms with E-state index in [0.717, 1.165) is 4.90 Å². The zero-order valence-electron chi connectivity index (χ0n) is 14.0. The van der Waals surface area contributed by atoms with Crippen LogP contribution in [-0.4, -0.2) is 47.7 Å². The first-order valence-corrected chi connectivity index (χ1v) is 7.34. The van der Waals surface area contributed by atoms with E-state index in [1.807, 2.05) is 0 Å². The molecule has 1 heterocycles. The minimum atomic E-state index is -3.86. The van der Waals surface area contributed by atoms with Crippen LogP contribution in [0, 0.1) is 16.7 Å². The molecular formula is C15H22F2N2O4. The smallest absolute Gasteiger partial charge is 0.410 e. The van der Waals surface area contributed by atoms with Crippen molar-refractivity contribution in [2.45, 2.75) is 58.6 Å². The van der Waals surface area contributed by atoms with Crippen LogP contribution in [0.15, 0.2) is 0 Å². The van der Waals surface area contributed by atoms with Crippen molar-refractivity contribution in [1.82, 2.24) is 4.90 Å². The fraction of sp³-hybridized carbons (Fsp3) is 0.800. The molecule has 1 fully saturated rings. The fourth-order valence-electron chi connectivity index (χ4n) is 2.54. The zero-order valence-corrected chi connectivity index (χ0v) is 14.0. The molecule has 0 radical (unpaired) electrons. The standard InChI is InChI=1S/C15H22F2N2O4/c1-6-22-11(20)15(16,17)14(7-8-18)9-19(10(14)2)12(21)23-13(3,4)5/h10H,6-7,9H2,1-5H3/t10-,14?/m1/s1. The molecule has 1 unspecified atom stereocenters. The van der Waals surface area contributed by atoms with Crippen molar-refractivity contribution in [1.29, 1.82) is 5.26 Å². The number of esters is 1. The Morgan fingerprint density at radius 3 is 2.35 bits per heavy atom. The molecule has 0 saturated carbocycles. The van der Waals surface area contributed by atoms with Crippen LogP contribution >= 0.6 is 0 Å². The van der Waals surface area contributed by atoms with Gasteiger partial charge < -0.3 is 14.4 Å². The molecule has 1 rings (SSSR count). The molecule has 0 bridgehead atoms. The summed E-state index contributed by atoms with van der Waals surface area (Å²) in [4.78, 5) is 24.7. The lowest BCUT2D eigenvalue weighted by Crippen LogP contribution is -2.73. The van der Waals surface area contributed by atoms with Gasteiger partial charge in [0.2, 0.25) is 0 Å². The normalized spacial score (nSPS) is 24.4. The number of nitriles is 1. The van der Waals surface area contributed by atoms with E-state index in [-0.39, 0.29) is 6.61 Å². The van der Waals surface area contributed by atoms with E-state index < -0.39 is 48.0 Å². The summed E-state index contributed by atoms with van der Waals surface area (Å²) >= 11 is 0. The third-order valence-electron chi connectivity index (χ3n) is 3.90. The number of halogens is 2. The Kier molecular flexibility index (Phi) is 5.24. The van der Waals surface area contributed by atoms with Crippen molar-refractivity contribution in [2.75, 3.05) is 13.2 Å². The number of amides is 1. The minimum absolute atomic E-state index is 0.193. The van der Waals surface area contributed by atoms with Gasteiger partial charge in [0, 0.05) is 12.6 Å². The number of carbonyl (C=O) groups is 2. The maximum absolute atomic E-state index is 14.5. The van der Waals surface area contributed by atoms with E-state index in [4.69, 9.17) is 10.00 Å². The third-order valence-corrected chi connectivity index (χ3v) is 3.90. The molecule has 0 spiro atoms. The van der Waals surface area contributed by atoms with Crippen LogP contribution in [0.3, 0.4) is 0 Å². The van der Waals surface area contributed by atoms with Crippen LogP contribution in [0.25, 0.3) is 0 Å². The van der Waals surface area contributed by atoms with Gasteiger partial charge in [-0.1, -0.05) is 0 Å². The van der Waals surface area contributed by atoms with Crippen LogP contribution in [-0.2, 0) is 14.3 Å². The van der Waals surface area contributed by atoms with E-state index in [1.165, 1.54) is 13.8 Å². The maximum Gasteiger partial charge on any atom is 0.410 e. The average Bonchev–Trinajstić information content (AvgIpc) is 2.40. The molecule has 130 valence electrons. The molecule has 6 nitrogen and oxygen atoms in total. The van der Waals surface area contributed by atoms with Crippen molar-refractivity contribution in [3.05, 3.63) is 0 Å². The largest absolute Gasteiger partial charge is 0.462 e. The van der Waals surface area contributed by atoms with Gasteiger partial charge in [0.1, 0.15) is 5.60 Å². The lowest BCUT2D eigenvalue weighted by molar-refractivity contribution is -0.229. The van der Waals surface area contributed by atoms with E-state index in [9.17, 15) is 18.4 Å². The number of rotatable bonds is 4. The Morgan fingerprint density at radius 2 is 1.96 bits per heavy atom. The summed E-state index contributed by atoms with van der Waals surface area (Å²) < 4.78 is 38.6. The van der Waals surface area contributed by atoms with Crippen LogP contribution in [0.2, 0.25) is 0 Å². The second-order valence-corrected chi connectivity index (χ2v) is 6.57. The van der Waals surface area contributed by atoms with Crippen LogP contribution in [0.5, 0.6) is 0 Å². The van der Waals surface area contributed by atoms with E-state index in [0.29, 0.717) is 0 Å². The number of nitrogens with zero attached hydrogens (tertiary/aromatic N) is 2. The van der Waals surface area contributed by atoms with Crippen LogP contribution in [0.1, 0.15) is 41.0 Å². The van der Waals surface area contributed by atoms with E-state index in [2.05, 4.69) is 4.74 Å². The molecule has 1 amide bonds. The zero-order chi connectivity index (χ0) is 18.1. The van der Waals surface area contributed by atoms with Crippen molar-refractivity contribution in [3.8, 4) is 6.07 Å². The summed E-state index contributed by atoms with van der Waals surface area (Å²) in [5.41, 5.74) is -2.74. The molecule has 0 aliphatic carbocycles. The molecule has 0 aromatic carbocycles. The predicted molar refractivity (Wildman–Crippen MR) is 76.6 cm³/mol. The summed E-state index contributed by atoms with van der Waals surface area (Å²) in [5.74, 6) is -5.54. The lowest BCUT2D eigenvalue weighted by atomic mass is 9.65. The minimum Gasteiger partial charge on any atom is -0.462 e. The first kappa shape index (κ1) is 19.1. The lowest BCUT2D eigenvalue weighted by Gasteiger charge is -2.56. The summed E-state index contributed by atoms with van der Waals surface area (Å²) in [5, 5.41) is 8.90. The van der Waals surface area contributed by atoms with Gasteiger partial charge in [-0.05, 0) is 34.6 Å². The molecule has 1 aliphatic heterocycles. The molecule has 0 aromatic heterocycles. The number of carbonyl (C=O) groups excluding carboxylic acids is 2. The highest BCUT2D eigenvalue weighted by molar-refractivity contribution is 5.80. The number of ether oxygens (including phenoxy) is 2. The van der Waals surface area contributed by atoms with Gasteiger partial charge in [-0.25, -0.2) is 9.59 Å². The topological polar surface area (TPSA) is 79.6 Å². The van der Waals surface area contributed by atoms with Gasteiger partial charge >= 0.3 is 18.0 Å². The van der Waals surface area contributed by atoms with E-state index in [1.54, 1.807) is 26.8 Å². The molecule has 1 aliphatic rings. The molecular weight excluding hydrogens is 310 g/mol. The Bertz CT molecular complexity index is 525. The first-order chi connectivity index (χ1) is 10.4. The first-order valence-electron chi connectivity index (χ1n) is 7.34. The second kappa shape index (κ2) is 6.30. The molecule has 23 heavy (non-hydrogen) atoms. The molecule has 2 atom stereocenters. The van der Waals surface area contributed by atoms with Gasteiger partial charge in [-0.15, -0.1) is 0 Å². The quantitative estimate of drug-likeness (QED) is 0.740. The van der Waals surface area contributed by atoms with Gasteiger partial charge in [0.25, 0.3) is 0 Å². The SMILES string of the molecule is CCOC(=O)C(F)(F)C1(CC#N)CN(C(=O)OC(C)(C)C)[C@@H]1C. The highest BCUT2D eigenvalue weighted by Crippen LogP contribution is 2.52. The monoisotopic (exact) mass is 332 g/mol. The molecule has 0 aromatic rings. The molecule has 1 saturated heterocycles. The van der Waals surface area contributed by atoms with Crippen molar-refractivity contribution < 1.29 is 27.8 Å². The Hall–Kier alpha value is -1.91. The Labute approximate surface area is 134 Å². The second-order valence-electron chi connectivity index (χ2n) is 6.57. The summed E-state index contributed by atoms with van der Waals surface area (Å²) in [6, 6.07) is 0.654. The number of alkyl halides is 2. The highest BCUT2D eigenvalue weighted by atomic mass is 19.3. The number of likely N-dealkylation sites (tertiary alicyclic amines) is 1. The predicted octanol–water partition coefficient (Wildman–Crippen LogP) is 2.72. The molecule has 8 heteroatoms. The van der Waals surface area contributed by atoms with Crippen molar-refractivity contribution >= 4 is 12.1 Å². The van der Waals surface area contributed by atoms with Crippen LogP contribution < -0.4 is 0 Å². The van der Waals surface area contributed by atoms with Crippen molar-refractivity contribution in [3.63, 3.8) is 0 Å². The van der Waals surface area contributed by atoms with Gasteiger partial charge in [0.15, 0.2) is 0 Å². The van der Waals surface area contributed by atoms with Gasteiger partial charge in [-0.3, -0.25) is 0 Å². The third kappa shape index (κ3) is 3.38. The van der Waals surface area contributed by atoms with Crippen molar-refractivity contribution in [2.24, 2.45) is 5.41 Å². The Balaban J connectivity index is 3.01. The summed E-state index contributed by atoms with van der Waals surface area (Å²) in [6.45, 7) is 7.13. The van der Waals surface area contributed by atoms with E-state index >= 15 is 0 Å². The number of hydrogen-bond donors (Lipinski definition) is 0. The Morgan fingerprint density at radius 1 is 1.39 bits per heavy atom. The van der Waals surface area contributed by atoms with Crippen LogP contribution in [0.4, 0.5) is 13.6 Å². The summed E-state index contributed by atoms with van der Waals surface area (Å²) in [7, 11) is 0. The van der Waals surface area contributed by atoms with Gasteiger partial charge in [-0.2, -0.15) is 14.0 Å². The van der Waals surface area contributed by atoms with Gasteiger partial charge in [0.05, 0.1) is 24.5 Å². The summed E-state index contributed by atoms with van der Waals surface area (Å²) in [6.07, 6.45) is -1.32. The molecule has 0 N–H and O–H groups in total. The highest BCUT2D eigenvalue weighted by Gasteiger charge is 2.70. The maximum atomic E-state index is 14.5. The average molecular weight is 332 g/mol. The number of hydrogen-bond acceptors (Lipinski definition) is 5.